The molecule has 4 rings (SSSR count). The van der Waals surface area contributed by atoms with E-state index in [1.54, 1.807) is 18.2 Å². The summed E-state index contributed by atoms with van der Waals surface area (Å²) in [5.41, 5.74) is 0.941. The monoisotopic (exact) mass is 522 g/mol. The number of carbonyl (C=O) groups excluding carboxylic acids is 1. The third kappa shape index (κ3) is 5.45. The highest BCUT2D eigenvalue weighted by molar-refractivity contribution is 7.92. The van der Waals surface area contributed by atoms with Crippen molar-refractivity contribution in [2.24, 2.45) is 0 Å². The van der Waals surface area contributed by atoms with Gasteiger partial charge < -0.3 is 4.42 Å². The van der Waals surface area contributed by atoms with Crippen molar-refractivity contribution in [3.63, 3.8) is 0 Å². The van der Waals surface area contributed by atoms with E-state index in [0.29, 0.717) is 20.6 Å². The molecule has 0 spiro atoms. The summed E-state index contributed by atoms with van der Waals surface area (Å²) in [4.78, 5) is 12.5. The summed E-state index contributed by atoms with van der Waals surface area (Å²) < 4.78 is 32.8. The fourth-order valence-corrected chi connectivity index (χ4v) is 4.29. The van der Waals surface area contributed by atoms with E-state index in [-0.39, 0.29) is 28.1 Å². The van der Waals surface area contributed by atoms with Gasteiger partial charge in [0.2, 0.25) is 0 Å². The zero-order valence-electron chi connectivity index (χ0n) is 16.4. The number of benzene rings is 3. The Labute approximate surface area is 203 Å². The van der Waals surface area contributed by atoms with Crippen molar-refractivity contribution < 1.29 is 17.6 Å². The molecule has 168 valence electrons. The van der Waals surface area contributed by atoms with Crippen LogP contribution in [0.25, 0.3) is 11.5 Å². The largest absolute Gasteiger partial charge is 0.403 e. The minimum Gasteiger partial charge on any atom is -0.403 e. The number of rotatable bonds is 6. The Morgan fingerprint density at radius 3 is 2.21 bits per heavy atom. The number of hydrogen-bond donors (Lipinski definition) is 2. The van der Waals surface area contributed by atoms with Crippen molar-refractivity contribution >= 4 is 62.4 Å². The topological polar surface area (TPSA) is 114 Å². The second kappa shape index (κ2) is 9.40. The zero-order valence-corrected chi connectivity index (χ0v) is 19.5. The minimum atomic E-state index is -3.80. The molecule has 3 aromatic carbocycles. The zero-order chi connectivity index (χ0) is 23.6. The lowest BCUT2D eigenvalue weighted by molar-refractivity contribution is 0.102. The molecule has 2 N–H and O–H groups in total. The van der Waals surface area contributed by atoms with Crippen molar-refractivity contribution in [3.8, 4) is 11.5 Å². The number of hydrogen-bond acceptors (Lipinski definition) is 6. The lowest BCUT2D eigenvalue weighted by atomic mass is 10.2. The van der Waals surface area contributed by atoms with Gasteiger partial charge >= 0.3 is 6.01 Å². The Kier molecular flexibility index (Phi) is 6.57. The van der Waals surface area contributed by atoms with Crippen molar-refractivity contribution in [2.75, 3.05) is 10.0 Å². The fraction of sp³-hybridized carbons (Fsp3) is 0. The number of sulfonamides is 1. The minimum absolute atomic E-state index is 0.0562. The SMILES string of the molecule is O=C(Nc1nnc(-c2cc(Cl)ccc2Cl)o1)c1ccc(NS(=O)(=O)c2ccc(Cl)cc2)cc1. The molecule has 0 aliphatic carbocycles. The average molecular weight is 524 g/mol. The maximum absolute atomic E-state index is 12.5. The molecule has 0 saturated heterocycles. The van der Waals surface area contributed by atoms with E-state index in [2.05, 4.69) is 20.2 Å². The summed E-state index contributed by atoms with van der Waals surface area (Å²) in [7, 11) is -3.80. The summed E-state index contributed by atoms with van der Waals surface area (Å²) in [6.07, 6.45) is 0. The van der Waals surface area contributed by atoms with Gasteiger partial charge in [-0.25, -0.2) is 8.42 Å². The van der Waals surface area contributed by atoms with E-state index in [1.165, 1.54) is 48.5 Å². The first-order valence-corrected chi connectivity index (χ1v) is 11.8. The van der Waals surface area contributed by atoms with Crippen LogP contribution in [0.4, 0.5) is 11.7 Å². The molecule has 0 aliphatic rings. The Morgan fingerprint density at radius 2 is 1.52 bits per heavy atom. The third-order valence-electron chi connectivity index (χ3n) is 4.33. The highest BCUT2D eigenvalue weighted by Gasteiger charge is 2.17. The summed E-state index contributed by atoms with van der Waals surface area (Å²) in [6.45, 7) is 0. The van der Waals surface area contributed by atoms with E-state index in [4.69, 9.17) is 39.2 Å². The smallest absolute Gasteiger partial charge is 0.322 e. The van der Waals surface area contributed by atoms with Gasteiger partial charge in [0.1, 0.15) is 0 Å². The molecule has 0 bridgehead atoms. The molecule has 33 heavy (non-hydrogen) atoms. The molecule has 0 radical (unpaired) electrons. The van der Waals surface area contributed by atoms with E-state index < -0.39 is 15.9 Å². The Balaban J connectivity index is 1.44. The van der Waals surface area contributed by atoms with Gasteiger partial charge in [-0.1, -0.05) is 39.9 Å². The summed E-state index contributed by atoms with van der Waals surface area (Å²) in [6, 6.07) is 16.2. The Morgan fingerprint density at radius 1 is 0.848 bits per heavy atom. The van der Waals surface area contributed by atoms with Crippen LogP contribution in [0.15, 0.2) is 76.0 Å². The molecule has 8 nitrogen and oxygen atoms in total. The third-order valence-corrected chi connectivity index (χ3v) is 6.54. The molecular weight excluding hydrogens is 511 g/mol. The fourth-order valence-electron chi connectivity index (χ4n) is 2.73. The first-order valence-electron chi connectivity index (χ1n) is 9.20. The predicted molar refractivity (Wildman–Crippen MR) is 126 cm³/mol. The second-order valence-corrected chi connectivity index (χ2v) is 9.59. The molecule has 0 aliphatic heterocycles. The summed E-state index contributed by atoms with van der Waals surface area (Å²) >= 11 is 17.9. The Hall–Kier alpha value is -3.11. The molecule has 4 aromatic rings. The van der Waals surface area contributed by atoms with Gasteiger partial charge in [0, 0.05) is 21.3 Å². The summed E-state index contributed by atoms with van der Waals surface area (Å²) in [5, 5.41) is 11.3. The molecule has 12 heteroatoms. The van der Waals surface area contributed by atoms with Gasteiger partial charge in [0.25, 0.3) is 21.8 Å². The number of amides is 1. The molecular formula is C21H13Cl3N4O4S. The van der Waals surface area contributed by atoms with Crippen molar-refractivity contribution in [1.29, 1.82) is 0 Å². The van der Waals surface area contributed by atoms with E-state index >= 15 is 0 Å². The van der Waals surface area contributed by atoms with Gasteiger partial charge in [-0.3, -0.25) is 14.8 Å². The number of aromatic nitrogens is 2. The van der Waals surface area contributed by atoms with E-state index in [9.17, 15) is 13.2 Å². The first kappa shape index (κ1) is 23.1. The van der Waals surface area contributed by atoms with Gasteiger partial charge in [-0.2, -0.15) is 0 Å². The quantitative estimate of drug-likeness (QED) is 0.333. The average Bonchev–Trinajstić information content (AvgIpc) is 3.24. The highest BCUT2D eigenvalue weighted by atomic mass is 35.5. The van der Waals surface area contributed by atoms with Crippen molar-refractivity contribution in [1.82, 2.24) is 10.2 Å². The van der Waals surface area contributed by atoms with Gasteiger partial charge in [0.05, 0.1) is 15.5 Å². The number of anilines is 2. The van der Waals surface area contributed by atoms with Crippen LogP contribution in [-0.4, -0.2) is 24.5 Å². The van der Waals surface area contributed by atoms with Crippen molar-refractivity contribution in [2.45, 2.75) is 4.90 Å². The van der Waals surface area contributed by atoms with Crippen LogP contribution in [-0.2, 0) is 10.0 Å². The predicted octanol–water partition coefficient (Wildman–Crippen LogP) is 5.75. The highest BCUT2D eigenvalue weighted by Crippen LogP contribution is 2.30. The van der Waals surface area contributed by atoms with Crippen LogP contribution < -0.4 is 10.0 Å². The maximum Gasteiger partial charge on any atom is 0.322 e. The lowest BCUT2D eigenvalue weighted by Gasteiger charge is -2.09. The molecule has 0 fully saturated rings. The molecule has 0 unspecified atom stereocenters. The van der Waals surface area contributed by atoms with Crippen LogP contribution in [0.3, 0.4) is 0 Å². The number of nitrogens with one attached hydrogen (secondary N) is 2. The summed E-state index contributed by atoms with van der Waals surface area (Å²) in [5.74, 6) is -0.445. The van der Waals surface area contributed by atoms with Crippen LogP contribution in [0, 0.1) is 0 Å². The molecule has 1 heterocycles. The van der Waals surface area contributed by atoms with Gasteiger partial charge in [-0.05, 0) is 66.7 Å². The number of halogens is 3. The number of nitrogens with zero attached hydrogens (tertiary/aromatic N) is 2. The van der Waals surface area contributed by atoms with Gasteiger partial charge in [0.15, 0.2) is 0 Å². The van der Waals surface area contributed by atoms with Gasteiger partial charge in [-0.15, -0.1) is 5.10 Å². The molecule has 1 amide bonds. The van der Waals surface area contributed by atoms with Crippen LogP contribution >= 0.6 is 34.8 Å². The maximum atomic E-state index is 12.5. The Bertz CT molecular complexity index is 1420. The lowest BCUT2D eigenvalue weighted by Crippen LogP contribution is -2.14. The first-order chi connectivity index (χ1) is 15.7. The second-order valence-electron chi connectivity index (χ2n) is 6.63. The van der Waals surface area contributed by atoms with Crippen LogP contribution in [0.2, 0.25) is 15.1 Å². The standard InChI is InChI=1S/C21H13Cl3N4O4S/c22-13-3-8-16(9-4-13)33(30,31)28-15-6-1-12(2-7-15)19(29)25-21-27-26-20(32-21)17-11-14(23)5-10-18(17)24/h1-11,28H,(H,25,27,29). The molecule has 0 atom stereocenters. The van der Waals surface area contributed by atoms with E-state index in [1.807, 2.05) is 0 Å². The number of carbonyl (C=O) groups is 1. The normalized spacial score (nSPS) is 11.2. The molecule has 1 aromatic heterocycles. The van der Waals surface area contributed by atoms with E-state index in [0.717, 1.165) is 0 Å². The molecule has 0 saturated carbocycles. The van der Waals surface area contributed by atoms with Crippen molar-refractivity contribution in [3.05, 3.63) is 87.4 Å². The van der Waals surface area contributed by atoms with Crippen LogP contribution in [0.1, 0.15) is 10.4 Å². The van der Waals surface area contributed by atoms with Crippen LogP contribution in [0.5, 0.6) is 0 Å².